The van der Waals surface area contributed by atoms with Crippen LogP contribution in [0, 0.1) is 0 Å². The van der Waals surface area contributed by atoms with Gasteiger partial charge in [0.25, 0.3) is 0 Å². The number of amides is 1. The zero-order valence-corrected chi connectivity index (χ0v) is 12.6. The number of nitrogens with zero attached hydrogens (tertiary/aromatic N) is 1. The van der Waals surface area contributed by atoms with E-state index in [4.69, 9.17) is 9.47 Å². The predicted molar refractivity (Wildman–Crippen MR) is 73.8 cm³/mol. The maximum Gasteiger partial charge on any atom is 0.410 e. The van der Waals surface area contributed by atoms with Gasteiger partial charge in [-0.2, -0.15) is 0 Å². The minimum absolute atomic E-state index is 0.246. The Morgan fingerprint density at radius 3 is 2.33 bits per heavy atom. The summed E-state index contributed by atoms with van der Waals surface area (Å²) < 4.78 is 10.7. The Morgan fingerprint density at radius 2 is 1.78 bits per heavy atom. The maximum atomic E-state index is 11.6. The molecule has 0 saturated heterocycles. The van der Waals surface area contributed by atoms with Gasteiger partial charge in [-0.25, -0.2) is 4.79 Å². The molecule has 0 aliphatic heterocycles. The average molecular weight is 259 g/mol. The van der Waals surface area contributed by atoms with Crippen LogP contribution in [0.4, 0.5) is 4.79 Å². The lowest BCUT2D eigenvalue weighted by atomic mass is 10.2. The van der Waals surface area contributed by atoms with Gasteiger partial charge in [-0.3, -0.25) is 0 Å². The number of ether oxygens (including phenoxy) is 2. The minimum Gasteiger partial charge on any atom is -0.444 e. The molecule has 0 spiro atoms. The van der Waals surface area contributed by atoms with Gasteiger partial charge in [0.2, 0.25) is 0 Å². The second-order valence-electron chi connectivity index (χ2n) is 5.57. The summed E-state index contributed by atoms with van der Waals surface area (Å²) in [7, 11) is 1.78. The molecule has 0 radical (unpaired) electrons. The summed E-state index contributed by atoms with van der Waals surface area (Å²) in [5, 5.41) is 0. The summed E-state index contributed by atoms with van der Waals surface area (Å²) in [4.78, 5) is 13.3. The normalized spacial score (nSPS) is 11.4. The van der Waals surface area contributed by atoms with Gasteiger partial charge in [0, 0.05) is 26.8 Å². The number of hydrogen-bond donors (Lipinski definition) is 0. The van der Waals surface area contributed by atoms with Crippen molar-refractivity contribution >= 4 is 6.09 Å². The van der Waals surface area contributed by atoms with E-state index < -0.39 is 5.60 Å². The lowest BCUT2D eigenvalue weighted by Gasteiger charge is -2.24. The van der Waals surface area contributed by atoms with Gasteiger partial charge in [-0.05, 0) is 46.5 Å². The summed E-state index contributed by atoms with van der Waals surface area (Å²) >= 11 is 0. The van der Waals surface area contributed by atoms with E-state index >= 15 is 0 Å². The van der Waals surface area contributed by atoms with Crippen molar-refractivity contribution in [2.45, 2.75) is 59.0 Å². The van der Waals surface area contributed by atoms with Crippen LogP contribution in [0.25, 0.3) is 0 Å². The van der Waals surface area contributed by atoms with Crippen molar-refractivity contribution in [1.29, 1.82) is 0 Å². The van der Waals surface area contributed by atoms with Gasteiger partial charge in [-0.15, -0.1) is 0 Å². The topological polar surface area (TPSA) is 38.8 Å². The fraction of sp³-hybridized carbons (Fsp3) is 0.929. The molecule has 0 heterocycles. The van der Waals surface area contributed by atoms with E-state index in [1.807, 2.05) is 20.8 Å². The molecule has 4 nitrogen and oxygen atoms in total. The van der Waals surface area contributed by atoms with Crippen molar-refractivity contribution in [3.63, 3.8) is 0 Å². The Bertz CT molecular complexity index is 224. The Labute approximate surface area is 112 Å². The molecule has 0 aliphatic carbocycles. The van der Waals surface area contributed by atoms with Crippen LogP contribution in [0.3, 0.4) is 0 Å². The van der Waals surface area contributed by atoms with Crippen molar-refractivity contribution in [2.24, 2.45) is 0 Å². The van der Waals surface area contributed by atoms with Crippen molar-refractivity contribution in [3.05, 3.63) is 0 Å². The predicted octanol–water partition coefficient (Wildman–Crippen LogP) is 3.45. The van der Waals surface area contributed by atoms with Gasteiger partial charge in [0.05, 0.1) is 0 Å². The molecular formula is C14H29NO3. The molecule has 0 rings (SSSR count). The zero-order chi connectivity index (χ0) is 14.0. The number of carbonyl (C=O) groups is 1. The third-order valence-electron chi connectivity index (χ3n) is 2.34. The summed E-state index contributed by atoms with van der Waals surface area (Å²) in [6.45, 7) is 10.2. The second kappa shape index (κ2) is 9.20. The van der Waals surface area contributed by atoms with Crippen molar-refractivity contribution < 1.29 is 14.3 Å². The first kappa shape index (κ1) is 17.2. The highest BCUT2D eigenvalue weighted by Gasteiger charge is 2.18. The lowest BCUT2D eigenvalue weighted by molar-refractivity contribution is 0.0295. The van der Waals surface area contributed by atoms with Crippen LogP contribution >= 0.6 is 0 Å². The third kappa shape index (κ3) is 10.4. The van der Waals surface area contributed by atoms with Crippen LogP contribution < -0.4 is 0 Å². The molecule has 0 saturated carbocycles. The van der Waals surface area contributed by atoms with Crippen LogP contribution in [0.5, 0.6) is 0 Å². The van der Waals surface area contributed by atoms with Crippen LogP contribution in [0.2, 0.25) is 0 Å². The maximum absolute atomic E-state index is 11.6. The summed E-state index contributed by atoms with van der Waals surface area (Å²) in [5.74, 6) is 0. The van der Waals surface area contributed by atoms with Crippen LogP contribution in [0.15, 0.2) is 0 Å². The first-order chi connectivity index (χ1) is 8.37. The van der Waals surface area contributed by atoms with Crippen molar-refractivity contribution in [1.82, 2.24) is 4.90 Å². The number of carbonyl (C=O) groups excluding carboxylic acids is 1. The quantitative estimate of drug-likeness (QED) is 0.627. The van der Waals surface area contributed by atoms with Crippen LogP contribution in [0.1, 0.15) is 53.4 Å². The lowest BCUT2D eigenvalue weighted by Crippen LogP contribution is -2.34. The molecule has 0 N–H and O–H groups in total. The molecule has 0 unspecified atom stereocenters. The minimum atomic E-state index is -0.417. The fourth-order valence-electron chi connectivity index (χ4n) is 1.41. The molecule has 4 heteroatoms. The fourth-order valence-corrected chi connectivity index (χ4v) is 1.41. The Kier molecular flexibility index (Phi) is 8.81. The van der Waals surface area contributed by atoms with Gasteiger partial charge in [0.1, 0.15) is 5.60 Å². The summed E-state index contributed by atoms with van der Waals surface area (Å²) in [6.07, 6.45) is 3.95. The van der Waals surface area contributed by atoms with E-state index in [-0.39, 0.29) is 6.09 Å². The Hall–Kier alpha value is -0.770. The standard InChI is InChI=1S/C14H29NO3/c1-6-11-17-12-9-7-8-10-15(5)13(16)18-14(2,3)4/h6-12H2,1-5H3. The van der Waals surface area contributed by atoms with E-state index in [1.165, 1.54) is 0 Å². The molecule has 0 aromatic heterocycles. The molecule has 0 fully saturated rings. The molecular weight excluding hydrogens is 230 g/mol. The molecule has 0 bridgehead atoms. The smallest absolute Gasteiger partial charge is 0.410 e. The molecule has 1 amide bonds. The molecule has 0 aromatic rings. The average Bonchev–Trinajstić information content (AvgIpc) is 2.25. The first-order valence-corrected chi connectivity index (χ1v) is 6.88. The highest BCUT2D eigenvalue weighted by molar-refractivity contribution is 5.67. The third-order valence-corrected chi connectivity index (χ3v) is 2.34. The SMILES string of the molecule is CCCOCCCCCN(C)C(=O)OC(C)(C)C. The highest BCUT2D eigenvalue weighted by atomic mass is 16.6. The van der Waals surface area contributed by atoms with Crippen LogP contribution in [-0.2, 0) is 9.47 Å². The van der Waals surface area contributed by atoms with Gasteiger partial charge in [0.15, 0.2) is 0 Å². The van der Waals surface area contributed by atoms with Gasteiger partial charge in [-0.1, -0.05) is 6.92 Å². The van der Waals surface area contributed by atoms with E-state index in [1.54, 1.807) is 11.9 Å². The Balaban J connectivity index is 3.52. The molecule has 18 heavy (non-hydrogen) atoms. The van der Waals surface area contributed by atoms with Crippen LogP contribution in [-0.4, -0.2) is 43.4 Å². The van der Waals surface area contributed by atoms with E-state index in [2.05, 4.69) is 6.92 Å². The van der Waals surface area contributed by atoms with Gasteiger partial charge < -0.3 is 14.4 Å². The number of rotatable bonds is 8. The Morgan fingerprint density at radius 1 is 1.11 bits per heavy atom. The number of hydrogen-bond acceptors (Lipinski definition) is 3. The van der Waals surface area contributed by atoms with Gasteiger partial charge >= 0.3 is 6.09 Å². The van der Waals surface area contributed by atoms with E-state index in [0.29, 0.717) is 0 Å². The first-order valence-electron chi connectivity index (χ1n) is 6.88. The summed E-state index contributed by atoms with van der Waals surface area (Å²) in [5.41, 5.74) is -0.417. The van der Waals surface area contributed by atoms with Crippen molar-refractivity contribution in [3.8, 4) is 0 Å². The van der Waals surface area contributed by atoms with E-state index in [0.717, 1.165) is 45.4 Å². The largest absolute Gasteiger partial charge is 0.444 e. The van der Waals surface area contributed by atoms with E-state index in [9.17, 15) is 4.79 Å². The molecule has 108 valence electrons. The zero-order valence-electron chi connectivity index (χ0n) is 12.6. The second-order valence-corrected chi connectivity index (χ2v) is 5.57. The monoisotopic (exact) mass is 259 g/mol. The molecule has 0 aromatic carbocycles. The van der Waals surface area contributed by atoms with Crippen molar-refractivity contribution in [2.75, 3.05) is 26.8 Å². The molecule has 0 atom stereocenters. The molecule has 0 aliphatic rings. The highest BCUT2D eigenvalue weighted by Crippen LogP contribution is 2.09. The number of unbranched alkanes of at least 4 members (excludes halogenated alkanes) is 2. The summed E-state index contributed by atoms with van der Waals surface area (Å²) in [6, 6.07) is 0.